The van der Waals surface area contributed by atoms with Crippen LogP contribution in [-0.2, 0) is 6.42 Å². The van der Waals surface area contributed by atoms with Crippen LogP contribution in [0.15, 0.2) is 18.2 Å². The SMILES string of the molecule is CCc1cccc(C(=O)C(C)Br)c1OC. The molecule has 1 unspecified atom stereocenters. The van der Waals surface area contributed by atoms with E-state index in [9.17, 15) is 4.79 Å². The molecule has 0 aromatic heterocycles. The monoisotopic (exact) mass is 270 g/mol. The van der Waals surface area contributed by atoms with E-state index in [1.54, 1.807) is 13.2 Å². The number of Topliss-reactive ketones (excluding diaryl/α,β-unsaturated/α-hetero) is 1. The van der Waals surface area contributed by atoms with Gasteiger partial charge >= 0.3 is 0 Å². The fourth-order valence-corrected chi connectivity index (χ4v) is 1.76. The molecule has 0 aliphatic carbocycles. The first-order valence-electron chi connectivity index (χ1n) is 4.96. The Labute approximate surface area is 98.8 Å². The van der Waals surface area contributed by atoms with Crippen molar-refractivity contribution in [3.05, 3.63) is 29.3 Å². The van der Waals surface area contributed by atoms with Crippen LogP contribution in [0.2, 0.25) is 0 Å². The van der Waals surface area contributed by atoms with Gasteiger partial charge in [0.2, 0.25) is 0 Å². The minimum Gasteiger partial charge on any atom is -0.496 e. The number of alkyl halides is 1. The summed E-state index contributed by atoms with van der Waals surface area (Å²) in [6.45, 7) is 3.87. The van der Waals surface area contributed by atoms with Crippen LogP contribution >= 0.6 is 15.9 Å². The van der Waals surface area contributed by atoms with Crippen LogP contribution in [0.5, 0.6) is 5.75 Å². The Morgan fingerprint density at radius 1 is 1.53 bits per heavy atom. The standard InChI is InChI=1S/C12H15BrO2/c1-4-9-6-5-7-10(12(9)15-3)11(14)8(2)13/h5-8H,4H2,1-3H3. The van der Waals surface area contributed by atoms with Crippen molar-refractivity contribution in [2.45, 2.75) is 25.1 Å². The van der Waals surface area contributed by atoms with Crippen molar-refractivity contribution in [1.29, 1.82) is 0 Å². The van der Waals surface area contributed by atoms with Crippen molar-refractivity contribution in [2.75, 3.05) is 7.11 Å². The number of para-hydroxylation sites is 1. The molecule has 0 saturated heterocycles. The van der Waals surface area contributed by atoms with Crippen molar-refractivity contribution in [3.63, 3.8) is 0 Å². The Morgan fingerprint density at radius 3 is 2.67 bits per heavy atom. The normalized spacial score (nSPS) is 12.3. The number of aryl methyl sites for hydroxylation is 1. The smallest absolute Gasteiger partial charge is 0.179 e. The molecule has 0 aliphatic rings. The van der Waals surface area contributed by atoms with Crippen LogP contribution in [0.4, 0.5) is 0 Å². The molecule has 0 amide bonds. The molecular weight excluding hydrogens is 256 g/mol. The van der Waals surface area contributed by atoms with Gasteiger partial charge in [0.25, 0.3) is 0 Å². The third kappa shape index (κ3) is 2.59. The number of carbonyl (C=O) groups is 1. The first kappa shape index (κ1) is 12.2. The maximum absolute atomic E-state index is 11.9. The quantitative estimate of drug-likeness (QED) is 0.620. The summed E-state index contributed by atoms with van der Waals surface area (Å²) in [4.78, 5) is 11.7. The summed E-state index contributed by atoms with van der Waals surface area (Å²) in [5.74, 6) is 0.762. The second-order valence-electron chi connectivity index (χ2n) is 3.33. The predicted octanol–water partition coefficient (Wildman–Crippen LogP) is 3.22. The lowest BCUT2D eigenvalue weighted by Crippen LogP contribution is -2.12. The van der Waals surface area contributed by atoms with Gasteiger partial charge in [0.1, 0.15) is 5.75 Å². The van der Waals surface area contributed by atoms with Crippen LogP contribution in [0, 0.1) is 0 Å². The highest BCUT2D eigenvalue weighted by atomic mass is 79.9. The molecule has 1 aromatic carbocycles. The lowest BCUT2D eigenvalue weighted by atomic mass is 10.0. The fourth-order valence-electron chi connectivity index (χ4n) is 1.51. The second-order valence-corrected chi connectivity index (χ2v) is 4.71. The first-order chi connectivity index (χ1) is 7.11. The molecule has 1 atom stereocenters. The van der Waals surface area contributed by atoms with E-state index in [0.717, 1.165) is 12.0 Å². The van der Waals surface area contributed by atoms with Gasteiger partial charge in [-0.05, 0) is 25.0 Å². The fraction of sp³-hybridized carbons (Fsp3) is 0.417. The van der Waals surface area contributed by atoms with Crippen LogP contribution in [0.1, 0.15) is 29.8 Å². The van der Waals surface area contributed by atoms with Gasteiger partial charge in [0.05, 0.1) is 17.5 Å². The summed E-state index contributed by atoms with van der Waals surface area (Å²) in [5, 5.41) is 0. The predicted molar refractivity (Wildman–Crippen MR) is 65.1 cm³/mol. The van der Waals surface area contributed by atoms with E-state index >= 15 is 0 Å². The van der Waals surface area contributed by atoms with E-state index in [1.165, 1.54) is 0 Å². The van der Waals surface area contributed by atoms with Gasteiger partial charge in [-0.1, -0.05) is 35.0 Å². The molecule has 1 aromatic rings. The second kappa shape index (κ2) is 5.31. The molecule has 0 N–H and O–H groups in total. The summed E-state index contributed by atoms with van der Waals surface area (Å²) >= 11 is 3.28. The van der Waals surface area contributed by atoms with E-state index in [2.05, 4.69) is 15.9 Å². The zero-order valence-corrected chi connectivity index (χ0v) is 10.8. The molecule has 1 rings (SSSR count). The van der Waals surface area contributed by atoms with Gasteiger partial charge in [-0.15, -0.1) is 0 Å². The topological polar surface area (TPSA) is 26.3 Å². The Hall–Kier alpha value is -0.830. The lowest BCUT2D eigenvalue weighted by molar-refractivity contribution is 0.0993. The Balaban J connectivity index is 3.23. The third-order valence-corrected chi connectivity index (χ3v) is 2.72. The number of hydrogen-bond acceptors (Lipinski definition) is 2. The molecular formula is C12H15BrO2. The third-order valence-electron chi connectivity index (χ3n) is 2.31. The lowest BCUT2D eigenvalue weighted by Gasteiger charge is -2.12. The number of halogens is 1. The first-order valence-corrected chi connectivity index (χ1v) is 5.87. The molecule has 2 nitrogen and oxygen atoms in total. The van der Waals surface area contributed by atoms with E-state index in [-0.39, 0.29) is 10.6 Å². The summed E-state index contributed by atoms with van der Waals surface area (Å²) < 4.78 is 5.30. The van der Waals surface area contributed by atoms with E-state index < -0.39 is 0 Å². The highest BCUT2D eigenvalue weighted by molar-refractivity contribution is 9.10. The number of hydrogen-bond donors (Lipinski definition) is 0. The average Bonchev–Trinajstić information content (AvgIpc) is 2.26. The number of benzene rings is 1. The van der Waals surface area contributed by atoms with Crippen LogP contribution in [0.25, 0.3) is 0 Å². The summed E-state index contributed by atoms with van der Waals surface area (Å²) in [7, 11) is 1.60. The molecule has 0 saturated carbocycles. The largest absolute Gasteiger partial charge is 0.496 e. The van der Waals surface area contributed by atoms with Gasteiger partial charge in [0, 0.05) is 0 Å². The summed E-state index contributed by atoms with van der Waals surface area (Å²) in [6, 6.07) is 5.68. The highest BCUT2D eigenvalue weighted by Crippen LogP contribution is 2.26. The number of rotatable bonds is 4. The Kier molecular flexibility index (Phi) is 4.33. The molecule has 0 bridgehead atoms. The summed E-state index contributed by atoms with van der Waals surface area (Å²) in [5.41, 5.74) is 1.72. The molecule has 0 heterocycles. The average molecular weight is 271 g/mol. The number of ether oxygens (including phenoxy) is 1. The van der Waals surface area contributed by atoms with E-state index in [0.29, 0.717) is 11.3 Å². The zero-order valence-electron chi connectivity index (χ0n) is 9.21. The van der Waals surface area contributed by atoms with Crippen LogP contribution in [-0.4, -0.2) is 17.7 Å². The summed E-state index contributed by atoms with van der Waals surface area (Å²) in [6.07, 6.45) is 0.862. The molecule has 0 radical (unpaired) electrons. The Morgan fingerprint density at radius 2 is 2.20 bits per heavy atom. The van der Waals surface area contributed by atoms with Crippen LogP contribution in [0.3, 0.4) is 0 Å². The minimum atomic E-state index is -0.182. The van der Waals surface area contributed by atoms with Gasteiger partial charge < -0.3 is 4.74 Å². The van der Waals surface area contributed by atoms with Crippen molar-refractivity contribution in [3.8, 4) is 5.75 Å². The molecule has 82 valence electrons. The maximum Gasteiger partial charge on any atom is 0.179 e. The van der Waals surface area contributed by atoms with E-state index in [4.69, 9.17) is 4.74 Å². The van der Waals surface area contributed by atoms with Gasteiger partial charge in [-0.2, -0.15) is 0 Å². The molecule has 0 fully saturated rings. The van der Waals surface area contributed by atoms with Crippen molar-refractivity contribution in [1.82, 2.24) is 0 Å². The van der Waals surface area contributed by atoms with Crippen molar-refractivity contribution in [2.24, 2.45) is 0 Å². The maximum atomic E-state index is 11.9. The number of carbonyl (C=O) groups excluding carboxylic acids is 1. The van der Waals surface area contributed by atoms with Crippen molar-refractivity contribution < 1.29 is 9.53 Å². The molecule has 0 aliphatic heterocycles. The Bertz CT molecular complexity index is 359. The van der Waals surface area contributed by atoms with Gasteiger partial charge in [0.15, 0.2) is 5.78 Å². The van der Waals surface area contributed by atoms with Gasteiger partial charge in [-0.25, -0.2) is 0 Å². The zero-order chi connectivity index (χ0) is 11.4. The van der Waals surface area contributed by atoms with Gasteiger partial charge in [-0.3, -0.25) is 4.79 Å². The minimum absolute atomic E-state index is 0.0575. The van der Waals surface area contributed by atoms with E-state index in [1.807, 2.05) is 26.0 Å². The molecule has 0 spiro atoms. The highest BCUT2D eigenvalue weighted by Gasteiger charge is 2.18. The number of ketones is 1. The molecule has 15 heavy (non-hydrogen) atoms. The van der Waals surface area contributed by atoms with Crippen molar-refractivity contribution >= 4 is 21.7 Å². The number of methoxy groups -OCH3 is 1. The molecule has 3 heteroatoms. The van der Waals surface area contributed by atoms with Crippen LogP contribution < -0.4 is 4.74 Å².